The van der Waals surface area contributed by atoms with Crippen LogP contribution in [0.3, 0.4) is 0 Å². The molecule has 0 saturated carbocycles. The molecule has 0 spiro atoms. The van der Waals surface area contributed by atoms with E-state index < -0.39 is 32.5 Å². The van der Waals surface area contributed by atoms with Gasteiger partial charge >= 0.3 is 5.97 Å². The second-order valence-electron chi connectivity index (χ2n) is 6.01. The molecule has 0 saturated heterocycles. The first-order valence-corrected chi connectivity index (χ1v) is 10.6. The summed E-state index contributed by atoms with van der Waals surface area (Å²) in [7, 11) is -3.41. The summed E-state index contributed by atoms with van der Waals surface area (Å²) in [6.07, 6.45) is 0.748. The number of benzene rings is 1. The maximum atomic E-state index is 12.4. The molecule has 25 heavy (non-hydrogen) atoms. The Hall–Kier alpha value is -1.54. The second-order valence-corrected chi connectivity index (χ2v) is 9.47. The van der Waals surface area contributed by atoms with Crippen LogP contribution in [0.5, 0.6) is 0 Å². The standard InChI is InChI=1S/C17H25NO5S2/c1-5-11-25(22,23)14-10-8-7-9-13(14)24-12(3)15(19)18-17(4,6-2)16(20)21/h7-10,12H,5-6,11H2,1-4H3,(H,18,19)(H,20,21). The normalized spacial score (nSPS) is 15.2. The van der Waals surface area contributed by atoms with Crippen molar-refractivity contribution in [3.63, 3.8) is 0 Å². The number of rotatable bonds is 9. The lowest BCUT2D eigenvalue weighted by Gasteiger charge is -2.26. The van der Waals surface area contributed by atoms with Crippen LogP contribution in [0.1, 0.15) is 40.5 Å². The van der Waals surface area contributed by atoms with Gasteiger partial charge in [-0.25, -0.2) is 13.2 Å². The van der Waals surface area contributed by atoms with Crippen molar-refractivity contribution in [2.45, 2.75) is 61.1 Å². The number of carbonyl (C=O) groups excluding carboxylic acids is 1. The van der Waals surface area contributed by atoms with Crippen LogP contribution in [0.2, 0.25) is 0 Å². The first-order valence-electron chi connectivity index (χ1n) is 8.11. The van der Waals surface area contributed by atoms with Gasteiger partial charge in [-0.2, -0.15) is 0 Å². The van der Waals surface area contributed by atoms with Gasteiger partial charge in [0.15, 0.2) is 9.84 Å². The summed E-state index contributed by atoms with van der Waals surface area (Å²) in [6.45, 7) is 6.55. The molecule has 1 amide bonds. The van der Waals surface area contributed by atoms with E-state index in [4.69, 9.17) is 0 Å². The van der Waals surface area contributed by atoms with Gasteiger partial charge in [0.1, 0.15) is 5.54 Å². The molecule has 2 atom stereocenters. The predicted octanol–water partition coefficient (Wildman–Crippen LogP) is 2.72. The minimum atomic E-state index is -3.41. The predicted molar refractivity (Wildman–Crippen MR) is 98.6 cm³/mol. The minimum absolute atomic E-state index is 0.0398. The van der Waals surface area contributed by atoms with Gasteiger partial charge in [-0.3, -0.25) is 4.79 Å². The number of hydrogen-bond acceptors (Lipinski definition) is 5. The van der Waals surface area contributed by atoms with Crippen LogP contribution in [-0.2, 0) is 19.4 Å². The number of nitrogens with one attached hydrogen (secondary N) is 1. The van der Waals surface area contributed by atoms with Gasteiger partial charge in [0.25, 0.3) is 0 Å². The van der Waals surface area contributed by atoms with Crippen LogP contribution in [0, 0.1) is 0 Å². The summed E-state index contributed by atoms with van der Waals surface area (Å²) in [5, 5.41) is 11.2. The summed E-state index contributed by atoms with van der Waals surface area (Å²) in [4.78, 5) is 24.4. The first kappa shape index (κ1) is 21.5. The molecule has 0 fully saturated rings. The van der Waals surface area contributed by atoms with Crippen molar-refractivity contribution in [3.05, 3.63) is 24.3 Å². The molecule has 2 N–H and O–H groups in total. The number of thioether (sulfide) groups is 1. The van der Waals surface area contributed by atoms with E-state index in [1.54, 1.807) is 39.0 Å². The molecule has 1 rings (SSSR count). The second kappa shape index (κ2) is 8.71. The first-order chi connectivity index (χ1) is 11.6. The van der Waals surface area contributed by atoms with Gasteiger partial charge in [0, 0.05) is 4.90 Å². The van der Waals surface area contributed by atoms with Crippen LogP contribution >= 0.6 is 11.8 Å². The van der Waals surface area contributed by atoms with Crippen molar-refractivity contribution in [2.24, 2.45) is 0 Å². The number of hydrogen-bond donors (Lipinski definition) is 2. The highest BCUT2D eigenvalue weighted by atomic mass is 32.2. The summed E-state index contributed by atoms with van der Waals surface area (Å²) < 4.78 is 24.8. The van der Waals surface area contributed by atoms with Crippen LogP contribution in [0.4, 0.5) is 0 Å². The molecule has 6 nitrogen and oxygen atoms in total. The van der Waals surface area contributed by atoms with E-state index in [0.717, 1.165) is 11.8 Å². The Kier molecular flexibility index (Phi) is 7.49. The Bertz CT molecular complexity index is 732. The lowest BCUT2D eigenvalue weighted by atomic mass is 9.99. The Balaban J connectivity index is 3.00. The third-order valence-corrected chi connectivity index (χ3v) is 7.19. The van der Waals surface area contributed by atoms with Gasteiger partial charge < -0.3 is 10.4 Å². The molecule has 0 bridgehead atoms. The molecule has 0 aliphatic carbocycles. The zero-order chi connectivity index (χ0) is 19.3. The molecule has 1 aromatic carbocycles. The maximum Gasteiger partial charge on any atom is 0.329 e. The molecule has 0 aliphatic rings. The van der Waals surface area contributed by atoms with E-state index in [1.807, 2.05) is 0 Å². The molecule has 0 aliphatic heterocycles. The molecule has 2 unspecified atom stereocenters. The van der Waals surface area contributed by atoms with E-state index >= 15 is 0 Å². The highest BCUT2D eigenvalue weighted by Gasteiger charge is 2.34. The van der Waals surface area contributed by atoms with Gasteiger partial charge in [-0.05, 0) is 38.8 Å². The fourth-order valence-electron chi connectivity index (χ4n) is 2.09. The maximum absolute atomic E-state index is 12.4. The smallest absolute Gasteiger partial charge is 0.329 e. The van der Waals surface area contributed by atoms with Crippen LogP contribution in [0.25, 0.3) is 0 Å². The van der Waals surface area contributed by atoms with Crippen LogP contribution in [-0.4, -0.2) is 41.9 Å². The Morgan fingerprint density at radius 2 is 1.88 bits per heavy atom. The number of carboxylic acid groups (broad SMARTS) is 1. The van der Waals surface area contributed by atoms with Crippen molar-refractivity contribution >= 4 is 33.5 Å². The van der Waals surface area contributed by atoms with E-state index in [2.05, 4.69) is 5.32 Å². The molecule has 0 aromatic heterocycles. The Morgan fingerprint density at radius 3 is 2.40 bits per heavy atom. The summed E-state index contributed by atoms with van der Waals surface area (Å²) in [5.74, 6) is -1.51. The molecule has 8 heteroatoms. The number of carbonyl (C=O) groups is 2. The zero-order valence-electron chi connectivity index (χ0n) is 14.9. The van der Waals surface area contributed by atoms with E-state index in [-0.39, 0.29) is 17.1 Å². The van der Waals surface area contributed by atoms with Crippen molar-refractivity contribution in [1.82, 2.24) is 5.32 Å². The fourth-order valence-corrected chi connectivity index (χ4v) is 4.93. The largest absolute Gasteiger partial charge is 0.480 e. The third kappa shape index (κ3) is 5.47. The number of sulfone groups is 1. The van der Waals surface area contributed by atoms with E-state index in [9.17, 15) is 23.1 Å². The highest BCUT2D eigenvalue weighted by molar-refractivity contribution is 8.01. The van der Waals surface area contributed by atoms with Crippen molar-refractivity contribution in [2.75, 3.05) is 5.75 Å². The number of aliphatic carboxylic acids is 1. The van der Waals surface area contributed by atoms with Crippen LogP contribution < -0.4 is 5.32 Å². The van der Waals surface area contributed by atoms with Crippen molar-refractivity contribution in [1.29, 1.82) is 0 Å². The van der Waals surface area contributed by atoms with Crippen molar-refractivity contribution < 1.29 is 23.1 Å². The average Bonchev–Trinajstić information content (AvgIpc) is 2.54. The lowest BCUT2D eigenvalue weighted by Crippen LogP contribution is -2.53. The SMILES string of the molecule is CCCS(=O)(=O)c1ccccc1SC(C)C(=O)NC(C)(CC)C(=O)O. The van der Waals surface area contributed by atoms with Crippen molar-refractivity contribution in [3.8, 4) is 0 Å². The van der Waals surface area contributed by atoms with E-state index in [0.29, 0.717) is 11.3 Å². The van der Waals surface area contributed by atoms with E-state index in [1.165, 1.54) is 13.0 Å². The molecule has 140 valence electrons. The minimum Gasteiger partial charge on any atom is -0.480 e. The Morgan fingerprint density at radius 1 is 1.28 bits per heavy atom. The molecule has 1 aromatic rings. The molecule has 0 radical (unpaired) electrons. The van der Waals surface area contributed by atoms with Gasteiger partial charge in [0.2, 0.25) is 5.91 Å². The number of carboxylic acids is 1. The average molecular weight is 388 g/mol. The summed E-state index contributed by atoms with van der Waals surface area (Å²) >= 11 is 1.11. The third-order valence-electron chi connectivity index (χ3n) is 3.91. The quantitative estimate of drug-likeness (QED) is 0.632. The molecular weight excluding hydrogens is 362 g/mol. The lowest BCUT2D eigenvalue weighted by molar-refractivity contribution is -0.146. The Labute approximate surface area is 153 Å². The fraction of sp³-hybridized carbons (Fsp3) is 0.529. The van der Waals surface area contributed by atoms with Gasteiger partial charge in [0.05, 0.1) is 15.9 Å². The topological polar surface area (TPSA) is 101 Å². The highest BCUT2D eigenvalue weighted by Crippen LogP contribution is 2.31. The molecule has 0 heterocycles. The number of amides is 1. The molecular formula is C17H25NO5S2. The monoisotopic (exact) mass is 387 g/mol. The van der Waals surface area contributed by atoms with Gasteiger partial charge in [-0.15, -0.1) is 11.8 Å². The van der Waals surface area contributed by atoms with Crippen LogP contribution in [0.15, 0.2) is 34.1 Å². The summed E-state index contributed by atoms with van der Waals surface area (Å²) in [6, 6.07) is 6.56. The zero-order valence-corrected chi connectivity index (χ0v) is 16.5. The summed E-state index contributed by atoms with van der Waals surface area (Å²) in [5.41, 5.74) is -1.35. The van der Waals surface area contributed by atoms with Gasteiger partial charge in [-0.1, -0.05) is 26.0 Å².